The van der Waals surface area contributed by atoms with Crippen LogP contribution in [0, 0.1) is 6.92 Å². The Morgan fingerprint density at radius 2 is 1.86 bits per heavy atom. The summed E-state index contributed by atoms with van der Waals surface area (Å²) in [6.07, 6.45) is 1.67. The molecule has 0 saturated carbocycles. The van der Waals surface area contributed by atoms with E-state index in [0.29, 0.717) is 17.1 Å². The average Bonchev–Trinajstić information content (AvgIpc) is 2.83. The van der Waals surface area contributed by atoms with Gasteiger partial charge in [-0.2, -0.15) is 0 Å². The van der Waals surface area contributed by atoms with Gasteiger partial charge in [-0.1, -0.05) is 48.2 Å². The quantitative estimate of drug-likeness (QED) is 0.737. The zero-order valence-electron chi connectivity index (χ0n) is 15.4. The zero-order valence-corrected chi connectivity index (χ0v) is 16.2. The fourth-order valence-corrected chi connectivity index (χ4v) is 4.14. The fraction of sp³-hybridized carbons (Fsp3) is 0.136. The van der Waals surface area contributed by atoms with Gasteiger partial charge >= 0.3 is 0 Å². The summed E-state index contributed by atoms with van der Waals surface area (Å²) < 4.78 is 0. The molecule has 2 heterocycles. The minimum absolute atomic E-state index is 0.0450. The van der Waals surface area contributed by atoms with E-state index in [1.165, 1.54) is 16.7 Å². The van der Waals surface area contributed by atoms with E-state index in [0.717, 1.165) is 21.7 Å². The Morgan fingerprint density at radius 1 is 1.07 bits per heavy atom. The summed E-state index contributed by atoms with van der Waals surface area (Å²) in [5, 5.41) is 3.58. The highest BCUT2D eigenvalue weighted by Crippen LogP contribution is 2.39. The highest BCUT2D eigenvalue weighted by atomic mass is 32.2. The highest BCUT2D eigenvalue weighted by molar-refractivity contribution is 7.99. The summed E-state index contributed by atoms with van der Waals surface area (Å²) in [5.41, 5.74) is 3.41. The number of para-hydroxylation sites is 1. The van der Waals surface area contributed by atoms with E-state index in [-0.39, 0.29) is 18.4 Å². The SMILES string of the molecule is Cc1ccccc1CNC(=O)CN1C(=O)c2cccnc2Sc2ccccc21. The number of pyridine rings is 1. The van der Waals surface area contributed by atoms with Crippen LogP contribution in [0.4, 0.5) is 5.69 Å². The first-order chi connectivity index (χ1) is 13.6. The van der Waals surface area contributed by atoms with Gasteiger partial charge < -0.3 is 5.32 Å². The van der Waals surface area contributed by atoms with Crippen molar-refractivity contribution in [3.63, 3.8) is 0 Å². The van der Waals surface area contributed by atoms with Crippen molar-refractivity contribution in [1.29, 1.82) is 0 Å². The van der Waals surface area contributed by atoms with Crippen molar-refractivity contribution in [3.8, 4) is 0 Å². The molecule has 28 heavy (non-hydrogen) atoms. The Kier molecular flexibility index (Phi) is 5.12. The van der Waals surface area contributed by atoms with Crippen LogP contribution in [0.15, 0.2) is 76.8 Å². The molecule has 0 saturated heterocycles. The fourth-order valence-electron chi connectivity index (χ4n) is 3.12. The van der Waals surface area contributed by atoms with Gasteiger partial charge in [0.2, 0.25) is 5.91 Å². The Labute approximate surface area is 167 Å². The molecule has 0 radical (unpaired) electrons. The van der Waals surface area contributed by atoms with Gasteiger partial charge in [0.1, 0.15) is 11.6 Å². The lowest BCUT2D eigenvalue weighted by Gasteiger charge is -2.22. The Hall–Kier alpha value is -3.12. The minimum Gasteiger partial charge on any atom is -0.350 e. The predicted octanol–water partition coefficient (Wildman–Crippen LogP) is 3.82. The number of amides is 2. The number of rotatable bonds is 4. The average molecular weight is 389 g/mol. The maximum Gasteiger partial charge on any atom is 0.261 e. The van der Waals surface area contributed by atoms with E-state index in [1.807, 2.05) is 55.5 Å². The summed E-state index contributed by atoms with van der Waals surface area (Å²) >= 11 is 1.44. The smallest absolute Gasteiger partial charge is 0.261 e. The molecule has 2 amide bonds. The summed E-state index contributed by atoms with van der Waals surface area (Å²) in [6.45, 7) is 2.40. The van der Waals surface area contributed by atoms with Gasteiger partial charge in [-0.3, -0.25) is 14.5 Å². The van der Waals surface area contributed by atoms with Crippen LogP contribution in [0.1, 0.15) is 21.5 Å². The third-order valence-corrected chi connectivity index (χ3v) is 5.73. The van der Waals surface area contributed by atoms with Crippen molar-refractivity contribution < 1.29 is 9.59 Å². The lowest BCUT2D eigenvalue weighted by molar-refractivity contribution is -0.119. The topological polar surface area (TPSA) is 62.3 Å². The summed E-state index contributed by atoms with van der Waals surface area (Å²) in [6, 6.07) is 19.0. The van der Waals surface area contributed by atoms with E-state index in [4.69, 9.17) is 0 Å². The molecule has 1 aromatic heterocycles. The molecule has 6 heteroatoms. The number of fused-ring (bicyclic) bond motifs is 2. The minimum atomic E-state index is -0.216. The molecular formula is C22H19N3O2S. The van der Waals surface area contributed by atoms with Crippen LogP contribution in [0.5, 0.6) is 0 Å². The Bertz CT molecular complexity index is 1050. The molecule has 5 nitrogen and oxygen atoms in total. The molecule has 1 aliphatic rings. The Morgan fingerprint density at radius 3 is 2.71 bits per heavy atom. The number of hydrogen-bond donors (Lipinski definition) is 1. The number of nitrogens with zero attached hydrogens (tertiary/aromatic N) is 2. The van der Waals surface area contributed by atoms with Crippen LogP contribution in [-0.4, -0.2) is 23.3 Å². The van der Waals surface area contributed by atoms with Crippen molar-refractivity contribution in [2.45, 2.75) is 23.4 Å². The van der Waals surface area contributed by atoms with E-state index in [2.05, 4.69) is 10.3 Å². The first-order valence-electron chi connectivity index (χ1n) is 8.98. The van der Waals surface area contributed by atoms with Crippen LogP contribution >= 0.6 is 11.8 Å². The van der Waals surface area contributed by atoms with Crippen LogP contribution in [0.25, 0.3) is 0 Å². The first kappa shape index (κ1) is 18.3. The van der Waals surface area contributed by atoms with Crippen LogP contribution in [0.3, 0.4) is 0 Å². The van der Waals surface area contributed by atoms with Crippen LogP contribution < -0.4 is 10.2 Å². The van der Waals surface area contributed by atoms with Gasteiger partial charge in [-0.15, -0.1) is 0 Å². The van der Waals surface area contributed by atoms with Gasteiger partial charge in [-0.05, 0) is 42.3 Å². The number of aryl methyl sites for hydroxylation is 1. The number of carbonyl (C=O) groups is 2. The molecular weight excluding hydrogens is 370 g/mol. The molecule has 0 aliphatic carbocycles. The van der Waals surface area contributed by atoms with Crippen molar-refractivity contribution in [3.05, 3.63) is 83.6 Å². The molecule has 0 fully saturated rings. The second kappa shape index (κ2) is 7.86. The molecule has 1 aliphatic heterocycles. The third-order valence-electron chi connectivity index (χ3n) is 4.65. The molecule has 0 atom stereocenters. The number of nitrogens with one attached hydrogen (secondary N) is 1. The molecule has 4 rings (SSSR count). The highest BCUT2D eigenvalue weighted by Gasteiger charge is 2.29. The molecule has 2 aromatic carbocycles. The number of anilines is 1. The molecule has 0 bridgehead atoms. The maximum absolute atomic E-state index is 13.2. The van der Waals surface area contributed by atoms with E-state index >= 15 is 0 Å². The predicted molar refractivity (Wildman–Crippen MR) is 110 cm³/mol. The van der Waals surface area contributed by atoms with Gasteiger partial charge in [0.15, 0.2) is 0 Å². The molecule has 0 unspecified atom stereocenters. The monoisotopic (exact) mass is 389 g/mol. The summed E-state index contributed by atoms with van der Waals surface area (Å²) in [7, 11) is 0. The lowest BCUT2D eigenvalue weighted by atomic mass is 10.1. The second-order valence-corrected chi connectivity index (χ2v) is 7.55. The van der Waals surface area contributed by atoms with Crippen LogP contribution in [0.2, 0.25) is 0 Å². The van der Waals surface area contributed by atoms with Gasteiger partial charge in [-0.25, -0.2) is 4.98 Å². The van der Waals surface area contributed by atoms with Crippen molar-refractivity contribution >= 4 is 29.3 Å². The largest absolute Gasteiger partial charge is 0.350 e. The second-order valence-electron chi connectivity index (χ2n) is 6.52. The van der Waals surface area contributed by atoms with Gasteiger partial charge in [0.25, 0.3) is 5.91 Å². The lowest BCUT2D eigenvalue weighted by Crippen LogP contribution is -2.40. The first-order valence-corrected chi connectivity index (χ1v) is 9.80. The third kappa shape index (κ3) is 3.64. The number of carbonyl (C=O) groups excluding carboxylic acids is 2. The standard InChI is InChI=1S/C22H19N3O2S/c1-15-7-2-3-8-16(15)13-24-20(26)14-25-18-10-4-5-11-19(18)28-21-17(22(25)27)9-6-12-23-21/h2-12H,13-14H2,1H3,(H,24,26). The van der Waals surface area contributed by atoms with Gasteiger partial charge in [0, 0.05) is 17.6 Å². The zero-order chi connectivity index (χ0) is 19.5. The molecule has 0 spiro atoms. The summed E-state index contributed by atoms with van der Waals surface area (Å²) in [4.78, 5) is 32.6. The van der Waals surface area contributed by atoms with E-state index in [9.17, 15) is 9.59 Å². The van der Waals surface area contributed by atoms with Crippen molar-refractivity contribution in [1.82, 2.24) is 10.3 Å². The maximum atomic E-state index is 13.2. The molecule has 140 valence electrons. The molecule has 3 aromatic rings. The number of aromatic nitrogens is 1. The van der Waals surface area contributed by atoms with Crippen molar-refractivity contribution in [2.75, 3.05) is 11.4 Å². The van der Waals surface area contributed by atoms with E-state index in [1.54, 1.807) is 18.3 Å². The van der Waals surface area contributed by atoms with Gasteiger partial charge in [0.05, 0.1) is 11.3 Å². The normalized spacial score (nSPS) is 12.8. The Balaban J connectivity index is 1.58. The summed E-state index contributed by atoms with van der Waals surface area (Å²) in [5.74, 6) is -0.421. The van der Waals surface area contributed by atoms with E-state index < -0.39 is 0 Å². The van der Waals surface area contributed by atoms with Crippen molar-refractivity contribution in [2.24, 2.45) is 0 Å². The number of benzene rings is 2. The van der Waals surface area contributed by atoms with Crippen LogP contribution in [-0.2, 0) is 11.3 Å². The molecule has 1 N–H and O–H groups in total. The number of hydrogen-bond acceptors (Lipinski definition) is 4.